The van der Waals surface area contributed by atoms with E-state index in [0.29, 0.717) is 5.56 Å². The van der Waals surface area contributed by atoms with E-state index in [1.165, 1.54) is 13.0 Å². The van der Waals surface area contributed by atoms with Gasteiger partial charge in [-0.15, -0.1) is 0 Å². The maximum absolute atomic E-state index is 13.2. The molecule has 0 aliphatic carbocycles. The van der Waals surface area contributed by atoms with Gasteiger partial charge in [-0.3, -0.25) is 29.3 Å². The second-order valence-electron chi connectivity index (χ2n) is 8.91. The number of imide groups is 1. The number of amides is 4. The number of nitrogens with one attached hydrogen (secondary N) is 3. The van der Waals surface area contributed by atoms with E-state index in [0.717, 1.165) is 0 Å². The zero-order valence-electron chi connectivity index (χ0n) is 20.9. The van der Waals surface area contributed by atoms with E-state index in [1.54, 1.807) is 62.4 Å². The molecule has 0 saturated carbocycles. The van der Waals surface area contributed by atoms with E-state index in [-0.39, 0.29) is 6.42 Å². The van der Waals surface area contributed by atoms with Gasteiger partial charge in [-0.25, -0.2) is 0 Å². The molecule has 4 N–H and O–H groups in total. The zero-order chi connectivity index (χ0) is 26.9. The van der Waals surface area contributed by atoms with E-state index in [1.807, 2.05) is 24.4 Å². The quantitative estimate of drug-likeness (QED) is 0.159. The average molecular weight is 496 g/mol. The number of rotatable bonds is 11. The van der Waals surface area contributed by atoms with Gasteiger partial charge in [0.05, 0.1) is 24.4 Å². The first kappa shape index (κ1) is 28.4. The Labute approximate surface area is 210 Å². The lowest BCUT2D eigenvalue weighted by Crippen LogP contribution is -2.59. The summed E-state index contributed by atoms with van der Waals surface area (Å²) in [5.41, 5.74) is -1.89. The Morgan fingerprint density at radius 2 is 1.69 bits per heavy atom. The molecule has 1 saturated heterocycles. The normalized spacial score (nSPS) is 21.8. The molecule has 0 bridgehead atoms. The SMILES string of the molecule is C/C=C/C=C/C=C/C(=O)N[C@@H](CC(=O)N[C@H](C(=O)[C@@]1(O)C(=O)NC(=O)[C@H]1C)C(C)C)c1ccccc1. The van der Waals surface area contributed by atoms with E-state index < -0.39 is 58.9 Å². The Bertz CT molecular complexity index is 1080. The molecule has 9 heteroatoms. The minimum atomic E-state index is -2.57. The largest absolute Gasteiger partial charge is 0.372 e. The molecule has 1 aromatic carbocycles. The van der Waals surface area contributed by atoms with Crippen LogP contribution in [0.25, 0.3) is 0 Å². The van der Waals surface area contributed by atoms with Crippen molar-refractivity contribution in [3.8, 4) is 0 Å². The lowest BCUT2D eigenvalue weighted by atomic mass is 9.80. The predicted molar refractivity (Wildman–Crippen MR) is 134 cm³/mol. The summed E-state index contributed by atoms with van der Waals surface area (Å²) in [6.07, 6.45) is 9.82. The van der Waals surface area contributed by atoms with Crippen LogP contribution in [0.1, 0.15) is 45.7 Å². The first-order valence-electron chi connectivity index (χ1n) is 11.7. The number of aliphatic hydroxyl groups is 1. The van der Waals surface area contributed by atoms with Crippen LogP contribution >= 0.6 is 0 Å². The van der Waals surface area contributed by atoms with Crippen molar-refractivity contribution in [2.24, 2.45) is 11.8 Å². The summed E-state index contributed by atoms with van der Waals surface area (Å²) in [4.78, 5) is 62.7. The Kier molecular flexibility index (Phi) is 10.0. The zero-order valence-corrected chi connectivity index (χ0v) is 20.9. The molecule has 0 aromatic heterocycles. The van der Waals surface area contributed by atoms with Crippen molar-refractivity contribution >= 4 is 29.4 Å². The fourth-order valence-corrected chi connectivity index (χ4v) is 3.76. The molecule has 1 heterocycles. The fraction of sp³-hybridized carbons (Fsp3) is 0.370. The summed E-state index contributed by atoms with van der Waals surface area (Å²) in [6, 6.07) is 6.94. The van der Waals surface area contributed by atoms with Gasteiger partial charge in [0.25, 0.3) is 5.91 Å². The van der Waals surface area contributed by atoms with Crippen molar-refractivity contribution in [2.45, 2.75) is 51.8 Å². The Hall–Kier alpha value is -3.85. The molecule has 0 unspecified atom stereocenters. The number of Topliss-reactive ketones (excluding diaryl/α,β-unsaturated/α-hetero) is 1. The van der Waals surface area contributed by atoms with Gasteiger partial charge >= 0.3 is 0 Å². The van der Waals surface area contributed by atoms with E-state index in [4.69, 9.17) is 0 Å². The van der Waals surface area contributed by atoms with Crippen LogP contribution in [0.4, 0.5) is 0 Å². The minimum Gasteiger partial charge on any atom is -0.372 e. The van der Waals surface area contributed by atoms with Crippen LogP contribution in [-0.4, -0.2) is 46.2 Å². The van der Waals surface area contributed by atoms with Gasteiger partial charge in [0.2, 0.25) is 23.3 Å². The molecule has 1 aliphatic heterocycles. The third-order valence-corrected chi connectivity index (χ3v) is 5.93. The van der Waals surface area contributed by atoms with Crippen LogP contribution in [-0.2, 0) is 24.0 Å². The highest BCUT2D eigenvalue weighted by atomic mass is 16.3. The molecule has 9 nitrogen and oxygen atoms in total. The molecule has 36 heavy (non-hydrogen) atoms. The van der Waals surface area contributed by atoms with Crippen molar-refractivity contribution in [3.63, 3.8) is 0 Å². The van der Waals surface area contributed by atoms with Crippen LogP contribution in [0.2, 0.25) is 0 Å². The molecule has 192 valence electrons. The molecule has 1 aliphatic rings. The number of benzene rings is 1. The lowest BCUT2D eigenvalue weighted by Gasteiger charge is -2.30. The smallest absolute Gasteiger partial charge is 0.267 e. The standard InChI is InChI=1S/C27H33N3O6/c1-5-6-7-8-12-15-21(31)28-20(19-13-10-9-11-14-19)16-22(32)29-23(17(2)3)24(33)27(36)18(4)25(34)30-26(27)35/h5-15,17-18,20,23,36H,16H2,1-4H3,(H,28,31)(H,29,32)(H,30,34,35)/b6-5+,8-7+,15-12+/t18-,20+,23+,27-/m1/s1. The van der Waals surface area contributed by atoms with Gasteiger partial charge in [-0.2, -0.15) is 0 Å². The summed E-state index contributed by atoms with van der Waals surface area (Å²) < 4.78 is 0. The van der Waals surface area contributed by atoms with Crippen LogP contribution in [0.3, 0.4) is 0 Å². The second kappa shape index (κ2) is 12.7. The van der Waals surface area contributed by atoms with Crippen LogP contribution < -0.4 is 16.0 Å². The van der Waals surface area contributed by atoms with Gasteiger partial charge in [0.1, 0.15) is 0 Å². The molecular weight excluding hydrogens is 462 g/mol. The molecule has 4 atom stereocenters. The molecule has 0 radical (unpaired) electrons. The van der Waals surface area contributed by atoms with Gasteiger partial charge in [-0.1, -0.05) is 74.6 Å². The van der Waals surface area contributed by atoms with Crippen LogP contribution in [0.5, 0.6) is 0 Å². The molecule has 0 spiro atoms. The predicted octanol–water partition coefficient (Wildman–Crippen LogP) is 1.66. The minimum absolute atomic E-state index is 0.201. The topological polar surface area (TPSA) is 142 Å². The van der Waals surface area contributed by atoms with Gasteiger partial charge in [0.15, 0.2) is 5.78 Å². The fourth-order valence-electron chi connectivity index (χ4n) is 3.76. The Morgan fingerprint density at radius 3 is 2.25 bits per heavy atom. The third kappa shape index (κ3) is 6.85. The van der Waals surface area contributed by atoms with Crippen molar-refractivity contribution in [2.75, 3.05) is 0 Å². The van der Waals surface area contributed by atoms with Crippen molar-refractivity contribution in [1.29, 1.82) is 0 Å². The van der Waals surface area contributed by atoms with Crippen molar-refractivity contribution in [3.05, 3.63) is 72.4 Å². The number of ketones is 1. The number of hydrogen-bond acceptors (Lipinski definition) is 6. The highest BCUT2D eigenvalue weighted by Crippen LogP contribution is 2.28. The summed E-state index contributed by atoms with van der Waals surface area (Å²) in [5, 5.41) is 18.1. The summed E-state index contributed by atoms with van der Waals surface area (Å²) in [5.74, 6) is -5.59. The summed E-state index contributed by atoms with van der Waals surface area (Å²) in [6.45, 7) is 6.44. The first-order valence-corrected chi connectivity index (χ1v) is 11.7. The van der Waals surface area contributed by atoms with E-state index >= 15 is 0 Å². The second-order valence-corrected chi connectivity index (χ2v) is 8.91. The monoisotopic (exact) mass is 495 g/mol. The molecule has 4 amide bonds. The first-order chi connectivity index (χ1) is 17.0. The summed E-state index contributed by atoms with van der Waals surface area (Å²) >= 11 is 0. The van der Waals surface area contributed by atoms with Gasteiger partial charge in [0, 0.05) is 6.08 Å². The highest BCUT2D eigenvalue weighted by Gasteiger charge is 2.59. The highest BCUT2D eigenvalue weighted by molar-refractivity contribution is 6.22. The number of carbonyl (C=O) groups excluding carboxylic acids is 5. The molecule has 1 aromatic rings. The Balaban J connectivity index is 2.19. The number of carbonyl (C=O) groups is 5. The number of hydrogen-bond donors (Lipinski definition) is 4. The number of allylic oxidation sites excluding steroid dienone is 5. The Morgan fingerprint density at radius 1 is 1.06 bits per heavy atom. The lowest BCUT2D eigenvalue weighted by molar-refractivity contribution is -0.156. The third-order valence-electron chi connectivity index (χ3n) is 5.93. The molecular formula is C27H33N3O6. The van der Waals surface area contributed by atoms with Gasteiger partial charge < -0.3 is 15.7 Å². The molecule has 1 fully saturated rings. The van der Waals surface area contributed by atoms with Gasteiger partial charge in [-0.05, 0) is 25.3 Å². The van der Waals surface area contributed by atoms with E-state index in [9.17, 15) is 29.1 Å². The maximum Gasteiger partial charge on any atom is 0.267 e. The van der Waals surface area contributed by atoms with E-state index in [2.05, 4.69) is 10.6 Å². The summed E-state index contributed by atoms with van der Waals surface area (Å²) in [7, 11) is 0. The maximum atomic E-state index is 13.2. The van der Waals surface area contributed by atoms with Crippen molar-refractivity contribution in [1.82, 2.24) is 16.0 Å². The molecule has 2 rings (SSSR count). The average Bonchev–Trinajstić information content (AvgIpc) is 3.04. The van der Waals surface area contributed by atoms with Crippen LogP contribution in [0, 0.1) is 11.8 Å². The van der Waals surface area contributed by atoms with Crippen molar-refractivity contribution < 1.29 is 29.1 Å². The van der Waals surface area contributed by atoms with Crippen LogP contribution in [0.15, 0.2) is 66.8 Å².